The average molecular weight is 281 g/mol. The van der Waals surface area contributed by atoms with Crippen LogP contribution in [0.2, 0.25) is 0 Å². The summed E-state index contributed by atoms with van der Waals surface area (Å²) in [5.41, 5.74) is 5.05. The molecule has 0 spiro atoms. The third-order valence-electron chi connectivity index (χ3n) is 5.24. The second-order valence-corrected chi connectivity index (χ2v) is 6.31. The van der Waals surface area contributed by atoms with Gasteiger partial charge in [0, 0.05) is 6.04 Å². The summed E-state index contributed by atoms with van der Waals surface area (Å²) in [7, 11) is 0. The molecule has 2 aliphatic rings. The number of hydrogen-bond donors (Lipinski definition) is 3. The van der Waals surface area contributed by atoms with Gasteiger partial charge in [0.25, 0.3) is 0 Å². The van der Waals surface area contributed by atoms with E-state index < -0.39 is 5.41 Å². The van der Waals surface area contributed by atoms with Crippen molar-refractivity contribution >= 4 is 11.7 Å². The van der Waals surface area contributed by atoms with E-state index in [0.717, 1.165) is 25.7 Å². The van der Waals surface area contributed by atoms with Gasteiger partial charge in [-0.15, -0.1) is 0 Å². The first kappa shape index (κ1) is 15.1. The van der Waals surface area contributed by atoms with Gasteiger partial charge in [-0.1, -0.05) is 44.2 Å². The Kier molecular flexibility index (Phi) is 4.89. The van der Waals surface area contributed by atoms with Crippen LogP contribution in [0.5, 0.6) is 0 Å². The first-order chi connectivity index (χ1) is 9.64. The van der Waals surface area contributed by atoms with E-state index >= 15 is 0 Å². The number of nitrogens with two attached hydrogens (primary N) is 1. The Labute approximate surface area is 121 Å². The monoisotopic (exact) mass is 281 g/mol. The fraction of sp³-hybridized carbons (Fsp3) is 0.867. The van der Waals surface area contributed by atoms with E-state index in [-0.39, 0.29) is 17.8 Å². The van der Waals surface area contributed by atoms with Crippen molar-refractivity contribution in [2.45, 2.75) is 70.8 Å². The number of amidine groups is 1. The molecular weight excluding hydrogens is 254 g/mol. The summed E-state index contributed by atoms with van der Waals surface area (Å²) < 4.78 is 0. The minimum Gasteiger partial charge on any atom is -0.409 e. The molecule has 4 N–H and O–H groups in total. The number of rotatable bonds is 4. The third kappa shape index (κ3) is 2.76. The summed E-state index contributed by atoms with van der Waals surface area (Å²) in [6.45, 7) is 2.18. The molecule has 2 unspecified atom stereocenters. The first-order valence-corrected chi connectivity index (χ1v) is 7.93. The molecule has 5 nitrogen and oxygen atoms in total. The molecule has 2 aliphatic carbocycles. The highest BCUT2D eigenvalue weighted by atomic mass is 16.4. The lowest BCUT2D eigenvalue weighted by Crippen LogP contribution is -2.53. The Hall–Kier alpha value is -1.26. The molecule has 0 aromatic carbocycles. The number of carbonyl (C=O) groups is 1. The fourth-order valence-corrected chi connectivity index (χ4v) is 3.87. The fourth-order valence-electron chi connectivity index (χ4n) is 3.87. The van der Waals surface area contributed by atoms with E-state index in [1.165, 1.54) is 19.3 Å². The molecule has 5 heteroatoms. The summed E-state index contributed by atoms with van der Waals surface area (Å²) >= 11 is 0. The zero-order chi connectivity index (χ0) is 14.6. The standard InChI is InChI=1S/C15H27N3O2/c1-2-11-7-3-4-8-12(11)17-14(19)15(13(16)18-20)9-5-6-10-15/h11-12,20H,2-10H2,1H3,(H2,16,18)(H,17,19). The summed E-state index contributed by atoms with van der Waals surface area (Å²) in [4.78, 5) is 12.7. The van der Waals surface area contributed by atoms with Gasteiger partial charge in [-0.05, 0) is 31.6 Å². The minimum absolute atomic E-state index is 0.0318. The Bertz CT molecular complexity index is 375. The van der Waals surface area contributed by atoms with Crippen LogP contribution < -0.4 is 11.1 Å². The number of nitrogens with zero attached hydrogens (tertiary/aromatic N) is 1. The smallest absolute Gasteiger partial charge is 0.234 e. The molecule has 0 saturated heterocycles. The van der Waals surface area contributed by atoms with Crippen molar-refractivity contribution in [2.24, 2.45) is 22.2 Å². The number of oxime groups is 1. The van der Waals surface area contributed by atoms with Crippen LogP contribution in [0.15, 0.2) is 5.16 Å². The third-order valence-corrected chi connectivity index (χ3v) is 5.24. The number of amides is 1. The second-order valence-electron chi connectivity index (χ2n) is 6.31. The van der Waals surface area contributed by atoms with Crippen LogP contribution in [0.1, 0.15) is 64.7 Å². The molecule has 0 heterocycles. The predicted octanol–water partition coefficient (Wildman–Crippen LogP) is 2.38. The van der Waals surface area contributed by atoms with Crippen molar-refractivity contribution in [1.82, 2.24) is 5.32 Å². The maximum Gasteiger partial charge on any atom is 0.234 e. The molecule has 1 amide bonds. The van der Waals surface area contributed by atoms with Gasteiger partial charge in [-0.3, -0.25) is 4.79 Å². The van der Waals surface area contributed by atoms with Crippen LogP contribution in [0.25, 0.3) is 0 Å². The summed E-state index contributed by atoms with van der Waals surface area (Å²) in [6.07, 6.45) is 9.10. The van der Waals surface area contributed by atoms with E-state index in [1.807, 2.05) is 0 Å². The maximum absolute atomic E-state index is 12.7. The van der Waals surface area contributed by atoms with Gasteiger partial charge < -0.3 is 16.3 Å². The van der Waals surface area contributed by atoms with Crippen LogP contribution in [0.4, 0.5) is 0 Å². The van der Waals surface area contributed by atoms with Gasteiger partial charge in [-0.2, -0.15) is 0 Å². The minimum atomic E-state index is -0.773. The topological polar surface area (TPSA) is 87.7 Å². The van der Waals surface area contributed by atoms with Crippen LogP contribution in [0.3, 0.4) is 0 Å². The molecule has 114 valence electrons. The van der Waals surface area contributed by atoms with Gasteiger partial charge in [0.2, 0.25) is 5.91 Å². The SMILES string of the molecule is CCC1CCCCC1NC(=O)C1(C(N)=NO)CCCC1. The quantitative estimate of drug-likeness (QED) is 0.320. The first-order valence-electron chi connectivity index (χ1n) is 7.93. The van der Waals surface area contributed by atoms with E-state index in [9.17, 15) is 4.79 Å². The van der Waals surface area contributed by atoms with Crippen molar-refractivity contribution in [3.8, 4) is 0 Å². The molecule has 2 atom stereocenters. The molecule has 0 aromatic rings. The Balaban J connectivity index is 2.09. The Morgan fingerprint density at radius 2 is 1.95 bits per heavy atom. The van der Waals surface area contributed by atoms with Gasteiger partial charge in [0.1, 0.15) is 5.41 Å². The summed E-state index contributed by atoms with van der Waals surface area (Å²) in [5, 5.41) is 15.3. The number of nitrogens with one attached hydrogen (secondary N) is 1. The van der Waals surface area contributed by atoms with E-state index in [4.69, 9.17) is 10.9 Å². The van der Waals surface area contributed by atoms with Crippen LogP contribution >= 0.6 is 0 Å². The zero-order valence-electron chi connectivity index (χ0n) is 12.4. The lowest BCUT2D eigenvalue weighted by atomic mass is 9.80. The molecule has 2 fully saturated rings. The molecule has 0 radical (unpaired) electrons. The van der Waals surface area contributed by atoms with Crippen molar-refractivity contribution in [2.75, 3.05) is 0 Å². The van der Waals surface area contributed by atoms with Crippen molar-refractivity contribution in [1.29, 1.82) is 0 Å². The van der Waals surface area contributed by atoms with Crippen LogP contribution in [0, 0.1) is 11.3 Å². The van der Waals surface area contributed by atoms with Gasteiger partial charge in [-0.25, -0.2) is 0 Å². The average Bonchev–Trinajstić information content (AvgIpc) is 2.97. The molecule has 0 aliphatic heterocycles. The van der Waals surface area contributed by atoms with Crippen LogP contribution in [-0.4, -0.2) is 23.0 Å². The largest absolute Gasteiger partial charge is 0.409 e. The summed E-state index contributed by atoms with van der Waals surface area (Å²) in [5.74, 6) is 0.616. The molecule has 0 bridgehead atoms. The molecular formula is C15H27N3O2. The molecule has 2 rings (SSSR count). The second kappa shape index (κ2) is 6.46. The van der Waals surface area contributed by atoms with Gasteiger partial charge in [0.15, 0.2) is 5.84 Å². The molecule has 0 aromatic heterocycles. The van der Waals surface area contributed by atoms with Crippen molar-refractivity contribution in [3.05, 3.63) is 0 Å². The van der Waals surface area contributed by atoms with Crippen molar-refractivity contribution in [3.63, 3.8) is 0 Å². The van der Waals surface area contributed by atoms with Gasteiger partial charge >= 0.3 is 0 Å². The van der Waals surface area contributed by atoms with E-state index in [1.54, 1.807) is 0 Å². The highest BCUT2D eigenvalue weighted by molar-refractivity contribution is 6.07. The highest BCUT2D eigenvalue weighted by Crippen LogP contribution is 2.39. The van der Waals surface area contributed by atoms with E-state index in [2.05, 4.69) is 17.4 Å². The highest BCUT2D eigenvalue weighted by Gasteiger charge is 2.46. The summed E-state index contributed by atoms with van der Waals surface area (Å²) in [6, 6.07) is 0.255. The normalized spacial score (nSPS) is 30.1. The molecule has 20 heavy (non-hydrogen) atoms. The lowest BCUT2D eigenvalue weighted by molar-refractivity contribution is -0.128. The Morgan fingerprint density at radius 3 is 2.55 bits per heavy atom. The number of carbonyl (C=O) groups excluding carboxylic acids is 1. The number of hydrogen-bond acceptors (Lipinski definition) is 3. The van der Waals surface area contributed by atoms with Crippen molar-refractivity contribution < 1.29 is 10.0 Å². The lowest BCUT2D eigenvalue weighted by Gasteiger charge is -2.35. The van der Waals surface area contributed by atoms with E-state index in [0.29, 0.717) is 18.8 Å². The Morgan fingerprint density at radius 1 is 1.30 bits per heavy atom. The van der Waals surface area contributed by atoms with Gasteiger partial charge in [0.05, 0.1) is 0 Å². The zero-order valence-corrected chi connectivity index (χ0v) is 12.4. The van der Waals surface area contributed by atoms with Crippen LogP contribution in [-0.2, 0) is 4.79 Å². The predicted molar refractivity (Wildman–Crippen MR) is 78.5 cm³/mol. The molecule has 2 saturated carbocycles. The maximum atomic E-state index is 12.7.